The van der Waals surface area contributed by atoms with Crippen molar-refractivity contribution in [2.45, 2.75) is 26.3 Å². The molecule has 11 heavy (non-hydrogen) atoms. The molecule has 0 aliphatic carbocycles. The molecule has 1 heterocycles. The minimum absolute atomic E-state index is 0.479. The highest BCUT2D eigenvalue weighted by molar-refractivity contribution is 4.85. The van der Waals surface area contributed by atoms with Crippen LogP contribution in [-0.2, 0) is 0 Å². The van der Waals surface area contributed by atoms with Crippen LogP contribution < -0.4 is 5.32 Å². The predicted octanol–water partition coefficient (Wildman–Crippen LogP) is 0.936. The average Bonchev–Trinajstić information content (AvgIpc) is 1.85. The number of hydrogen-bond acceptors (Lipinski definition) is 2. The van der Waals surface area contributed by atoms with Crippen molar-refractivity contribution < 1.29 is 0 Å². The monoisotopic (exact) mass is 156 g/mol. The van der Waals surface area contributed by atoms with E-state index in [1.165, 1.54) is 6.42 Å². The van der Waals surface area contributed by atoms with Crippen LogP contribution in [0.1, 0.15) is 20.3 Å². The van der Waals surface area contributed by atoms with Gasteiger partial charge >= 0.3 is 0 Å². The summed E-state index contributed by atoms with van der Waals surface area (Å²) in [5, 5.41) is 3.46. The van der Waals surface area contributed by atoms with Crippen LogP contribution in [0.25, 0.3) is 0 Å². The minimum Gasteiger partial charge on any atom is -0.315 e. The summed E-state index contributed by atoms with van der Waals surface area (Å²) in [6.07, 6.45) is 1.31. The lowest BCUT2D eigenvalue weighted by molar-refractivity contribution is 0.149. The summed E-state index contributed by atoms with van der Waals surface area (Å²) in [6, 6.07) is 0.721. The normalized spacial score (nSPS) is 30.8. The Morgan fingerprint density at radius 3 is 2.36 bits per heavy atom. The third-order valence-electron chi connectivity index (χ3n) is 2.50. The van der Waals surface area contributed by atoms with Gasteiger partial charge in [0.15, 0.2) is 0 Å². The molecule has 0 saturated carbocycles. The fourth-order valence-electron chi connectivity index (χ4n) is 1.72. The van der Waals surface area contributed by atoms with Crippen molar-refractivity contribution in [1.82, 2.24) is 10.2 Å². The van der Waals surface area contributed by atoms with E-state index in [-0.39, 0.29) is 0 Å². The highest BCUT2D eigenvalue weighted by Gasteiger charge is 2.28. The van der Waals surface area contributed by atoms with E-state index in [0.29, 0.717) is 5.41 Å². The number of rotatable bonds is 1. The van der Waals surface area contributed by atoms with Crippen LogP contribution in [0.5, 0.6) is 0 Å². The van der Waals surface area contributed by atoms with Crippen molar-refractivity contribution in [2.24, 2.45) is 5.41 Å². The fraction of sp³-hybridized carbons (Fsp3) is 1.00. The van der Waals surface area contributed by atoms with Gasteiger partial charge in [-0.2, -0.15) is 0 Å². The van der Waals surface area contributed by atoms with Gasteiger partial charge in [0.05, 0.1) is 0 Å². The van der Waals surface area contributed by atoms with Crippen LogP contribution >= 0.6 is 0 Å². The molecule has 1 aliphatic heterocycles. The number of nitrogens with one attached hydrogen (secondary N) is 1. The number of piperidine rings is 1. The first-order chi connectivity index (χ1) is 5.01. The summed E-state index contributed by atoms with van der Waals surface area (Å²) in [7, 11) is 4.32. The maximum Gasteiger partial charge on any atom is 0.0220 e. The molecule has 1 aliphatic rings. The molecule has 1 N–H and O–H groups in total. The zero-order chi connectivity index (χ0) is 8.48. The van der Waals surface area contributed by atoms with Gasteiger partial charge in [-0.1, -0.05) is 13.8 Å². The van der Waals surface area contributed by atoms with E-state index in [9.17, 15) is 0 Å². The molecule has 0 aromatic heterocycles. The highest BCUT2D eigenvalue weighted by atomic mass is 15.1. The van der Waals surface area contributed by atoms with Crippen LogP contribution in [0.4, 0.5) is 0 Å². The first-order valence-corrected chi connectivity index (χ1v) is 4.38. The quantitative estimate of drug-likeness (QED) is 0.608. The fourth-order valence-corrected chi connectivity index (χ4v) is 1.72. The standard InChI is InChI=1S/C9H20N2/c1-9(2)5-8(11(3)4)6-10-7-9/h8,10H,5-7H2,1-4H3. The van der Waals surface area contributed by atoms with Gasteiger partial charge in [0, 0.05) is 19.1 Å². The number of nitrogens with zero attached hydrogens (tertiary/aromatic N) is 1. The Morgan fingerprint density at radius 1 is 1.36 bits per heavy atom. The van der Waals surface area contributed by atoms with E-state index in [1.807, 2.05) is 0 Å². The third-order valence-corrected chi connectivity index (χ3v) is 2.50. The predicted molar refractivity (Wildman–Crippen MR) is 48.7 cm³/mol. The Morgan fingerprint density at radius 2 is 2.00 bits per heavy atom. The summed E-state index contributed by atoms with van der Waals surface area (Å²) in [6.45, 7) is 6.97. The number of hydrogen-bond donors (Lipinski definition) is 1. The van der Waals surface area contributed by atoms with E-state index in [0.717, 1.165) is 19.1 Å². The lowest BCUT2D eigenvalue weighted by Crippen LogP contribution is -2.49. The Kier molecular flexibility index (Phi) is 2.55. The molecule has 0 spiro atoms. The Hall–Kier alpha value is -0.0800. The SMILES string of the molecule is CN(C)C1CNCC(C)(C)C1. The molecule has 1 atom stereocenters. The topological polar surface area (TPSA) is 15.3 Å². The van der Waals surface area contributed by atoms with Crippen molar-refractivity contribution in [3.8, 4) is 0 Å². The van der Waals surface area contributed by atoms with Gasteiger partial charge < -0.3 is 10.2 Å². The second kappa shape index (κ2) is 3.11. The Bertz CT molecular complexity index is 130. The van der Waals surface area contributed by atoms with Gasteiger partial charge in [-0.05, 0) is 25.9 Å². The molecule has 2 heteroatoms. The van der Waals surface area contributed by atoms with Gasteiger partial charge in [-0.25, -0.2) is 0 Å². The molecule has 1 fully saturated rings. The maximum absolute atomic E-state index is 3.46. The van der Waals surface area contributed by atoms with Crippen molar-refractivity contribution in [3.05, 3.63) is 0 Å². The van der Waals surface area contributed by atoms with Crippen molar-refractivity contribution in [3.63, 3.8) is 0 Å². The van der Waals surface area contributed by atoms with E-state index < -0.39 is 0 Å². The van der Waals surface area contributed by atoms with E-state index in [2.05, 4.69) is 38.2 Å². The molecular formula is C9H20N2. The van der Waals surface area contributed by atoms with E-state index >= 15 is 0 Å². The smallest absolute Gasteiger partial charge is 0.0220 e. The van der Waals surface area contributed by atoms with Crippen LogP contribution in [0.2, 0.25) is 0 Å². The second-order valence-electron chi connectivity index (χ2n) is 4.62. The van der Waals surface area contributed by atoms with Crippen molar-refractivity contribution in [2.75, 3.05) is 27.2 Å². The van der Waals surface area contributed by atoms with Gasteiger partial charge in [-0.3, -0.25) is 0 Å². The van der Waals surface area contributed by atoms with E-state index in [1.54, 1.807) is 0 Å². The van der Waals surface area contributed by atoms with Gasteiger partial charge in [0.1, 0.15) is 0 Å². The largest absolute Gasteiger partial charge is 0.315 e. The lowest BCUT2D eigenvalue weighted by atomic mass is 9.82. The summed E-state index contributed by atoms with van der Waals surface area (Å²) in [4.78, 5) is 2.31. The molecule has 0 aromatic carbocycles. The zero-order valence-corrected chi connectivity index (χ0v) is 8.15. The summed E-state index contributed by atoms with van der Waals surface area (Å²) < 4.78 is 0. The van der Waals surface area contributed by atoms with Crippen LogP contribution in [0.15, 0.2) is 0 Å². The molecule has 1 rings (SSSR count). The van der Waals surface area contributed by atoms with Crippen molar-refractivity contribution >= 4 is 0 Å². The second-order valence-corrected chi connectivity index (χ2v) is 4.62. The Labute approximate surface area is 70.0 Å². The number of likely N-dealkylation sites (N-methyl/N-ethyl adjacent to an activating group) is 1. The first-order valence-electron chi connectivity index (χ1n) is 4.38. The third kappa shape index (κ3) is 2.46. The molecular weight excluding hydrogens is 136 g/mol. The van der Waals surface area contributed by atoms with Gasteiger partial charge in [0.2, 0.25) is 0 Å². The molecule has 66 valence electrons. The van der Waals surface area contributed by atoms with Gasteiger partial charge in [0.25, 0.3) is 0 Å². The molecule has 1 saturated heterocycles. The maximum atomic E-state index is 3.46. The van der Waals surface area contributed by atoms with Gasteiger partial charge in [-0.15, -0.1) is 0 Å². The Balaban J connectivity index is 2.46. The zero-order valence-electron chi connectivity index (χ0n) is 8.15. The lowest BCUT2D eigenvalue weighted by Gasteiger charge is -2.38. The molecule has 1 unspecified atom stereocenters. The minimum atomic E-state index is 0.479. The van der Waals surface area contributed by atoms with E-state index in [4.69, 9.17) is 0 Å². The summed E-state index contributed by atoms with van der Waals surface area (Å²) in [5.41, 5.74) is 0.479. The van der Waals surface area contributed by atoms with Crippen LogP contribution in [0.3, 0.4) is 0 Å². The first kappa shape index (κ1) is 9.01. The summed E-state index contributed by atoms with van der Waals surface area (Å²) in [5.74, 6) is 0. The molecule has 0 aromatic rings. The summed E-state index contributed by atoms with van der Waals surface area (Å²) >= 11 is 0. The molecule has 0 radical (unpaired) electrons. The van der Waals surface area contributed by atoms with Crippen LogP contribution in [0, 0.1) is 5.41 Å². The van der Waals surface area contributed by atoms with Crippen molar-refractivity contribution in [1.29, 1.82) is 0 Å². The molecule has 2 nitrogen and oxygen atoms in total. The molecule has 0 bridgehead atoms. The molecule has 0 amide bonds. The average molecular weight is 156 g/mol. The van der Waals surface area contributed by atoms with Crippen LogP contribution in [-0.4, -0.2) is 38.1 Å². The highest BCUT2D eigenvalue weighted by Crippen LogP contribution is 2.25.